The molecule has 0 saturated heterocycles. The Morgan fingerprint density at radius 3 is 0.794 bits per heavy atom. The van der Waals surface area contributed by atoms with Gasteiger partial charge in [-0.1, -0.05) is 72.8 Å². The molecule has 16 heteroatoms. The van der Waals surface area contributed by atoms with Crippen molar-refractivity contribution in [3.05, 3.63) is 144 Å². The van der Waals surface area contributed by atoms with Gasteiger partial charge >= 0.3 is 0 Å². The Bertz CT molecular complexity index is 2980. The first-order valence-electron chi connectivity index (χ1n) is 21.1. The van der Waals surface area contributed by atoms with Crippen molar-refractivity contribution in [2.24, 2.45) is 0 Å². The number of carbonyl (C=O) groups excluding carboxylic acids is 4. The number of rotatable bonds is 12. The number of para-hydroxylation sites is 4. The number of aromatic nitrogens is 4. The number of aromatic amines is 2. The minimum atomic E-state index is -0.394. The van der Waals surface area contributed by atoms with Crippen molar-refractivity contribution < 1.29 is 19.2 Å². The molecular formula is C52H38Cl4N8O4. The number of amides is 4. The van der Waals surface area contributed by atoms with Crippen LogP contribution in [0.1, 0.15) is 22.8 Å². The number of alkyl halides is 4. The summed E-state index contributed by atoms with van der Waals surface area (Å²) in [7, 11) is 0. The quantitative estimate of drug-likeness (QED) is 0.0665. The molecule has 8 bridgehead atoms. The monoisotopic (exact) mass is 978 g/mol. The lowest BCUT2D eigenvalue weighted by atomic mass is 10.0. The molecule has 0 saturated carbocycles. The fourth-order valence-electron chi connectivity index (χ4n) is 8.31. The highest BCUT2D eigenvalue weighted by Crippen LogP contribution is 2.43. The summed E-state index contributed by atoms with van der Waals surface area (Å²) in [5.74, 6) is -2.61. The summed E-state index contributed by atoms with van der Waals surface area (Å²) >= 11 is 24.1. The maximum Gasteiger partial charge on any atom is 0.239 e. The summed E-state index contributed by atoms with van der Waals surface area (Å²) in [6.07, 6.45) is 7.58. The second-order valence-corrected chi connectivity index (χ2v) is 16.5. The fourth-order valence-corrected chi connectivity index (χ4v) is 8.58. The van der Waals surface area contributed by atoms with E-state index < -0.39 is 23.6 Å². The molecule has 4 amide bonds. The second-order valence-electron chi connectivity index (χ2n) is 15.4. The molecule has 0 unspecified atom stereocenters. The topological polar surface area (TPSA) is 174 Å². The van der Waals surface area contributed by atoms with E-state index in [1.165, 1.54) is 0 Å². The van der Waals surface area contributed by atoms with Crippen LogP contribution in [0.15, 0.2) is 121 Å². The Morgan fingerprint density at radius 1 is 0.353 bits per heavy atom. The van der Waals surface area contributed by atoms with Gasteiger partial charge in [0.2, 0.25) is 23.6 Å². The summed E-state index contributed by atoms with van der Waals surface area (Å²) < 4.78 is 0. The number of hydrogen-bond acceptors (Lipinski definition) is 6. The standard InChI is InChI=1S/C52H38Cl4N8O4/c53-25-45(65)61-33-13-5-1-9-29(33)49-37-17-19-39(57-37)50(30-10-2-6-14-34(30)62-46(66)26-54)41-21-23-43(59-41)52(32-12-4-8-16-36(32)64-48(68)28-56)44-24-22-42(60-44)51(40-20-18-38(49)58-40)31-11-3-7-15-35(31)63-47(67)27-55/h1-24,57,60H,25-28H2,(H,61,65)(H,62,66)(H,63,67)(H,64,68). The number of fused-ring (bicyclic) bond motifs is 8. The highest BCUT2D eigenvalue weighted by molar-refractivity contribution is 6.30. The van der Waals surface area contributed by atoms with Crippen molar-refractivity contribution in [3.8, 4) is 44.5 Å². The van der Waals surface area contributed by atoms with Crippen LogP contribution in [0.2, 0.25) is 0 Å². The zero-order valence-corrected chi connectivity index (χ0v) is 38.7. The lowest BCUT2D eigenvalue weighted by Crippen LogP contribution is -2.13. The number of H-pyrrole nitrogens is 2. The Balaban J connectivity index is 1.48. The van der Waals surface area contributed by atoms with Crippen LogP contribution in [0.25, 0.3) is 90.9 Å². The maximum atomic E-state index is 12.9. The molecule has 2 aliphatic heterocycles. The number of carbonyl (C=O) groups is 4. The van der Waals surface area contributed by atoms with E-state index in [-0.39, 0.29) is 23.5 Å². The lowest BCUT2D eigenvalue weighted by Gasteiger charge is -2.13. The van der Waals surface area contributed by atoms with Crippen LogP contribution in [0, 0.1) is 0 Å². The number of benzene rings is 4. The number of halogens is 4. The van der Waals surface area contributed by atoms with E-state index in [2.05, 4.69) is 31.2 Å². The first-order valence-corrected chi connectivity index (χ1v) is 23.3. The van der Waals surface area contributed by atoms with Gasteiger partial charge in [0, 0.05) is 89.3 Å². The molecule has 9 rings (SSSR count). The van der Waals surface area contributed by atoms with Crippen molar-refractivity contribution in [3.63, 3.8) is 0 Å². The summed E-state index contributed by atoms with van der Waals surface area (Å²) in [5, 5.41) is 11.8. The van der Waals surface area contributed by atoms with Crippen molar-refractivity contribution >= 4 is 139 Å². The molecule has 3 aromatic heterocycles. The van der Waals surface area contributed by atoms with E-state index in [1.807, 2.05) is 121 Å². The normalized spacial score (nSPS) is 11.6. The van der Waals surface area contributed by atoms with Gasteiger partial charge < -0.3 is 31.2 Å². The number of anilines is 4. The molecule has 338 valence electrons. The van der Waals surface area contributed by atoms with Crippen molar-refractivity contribution in [1.29, 1.82) is 0 Å². The van der Waals surface area contributed by atoms with Crippen LogP contribution in [-0.4, -0.2) is 67.1 Å². The first-order chi connectivity index (χ1) is 33.2. The highest BCUT2D eigenvalue weighted by atomic mass is 35.5. The first kappa shape index (κ1) is 45.7. The minimum absolute atomic E-state index is 0.259. The van der Waals surface area contributed by atoms with Crippen LogP contribution in [0.4, 0.5) is 22.7 Å². The van der Waals surface area contributed by atoms with E-state index in [0.29, 0.717) is 112 Å². The van der Waals surface area contributed by atoms with E-state index in [4.69, 9.17) is 56.4 Å². The predicted molar refractivity (Wildman–Crippen MR) is 278 cm³/mol. The van der Waals surface area contributed by atoms with Gasteiger partial charge in [-0.25, -0.2) is 9.97 Å². The molecule has 12 nitrogen and oxygen atoms in total. The van der Waals surface area contributed by atoms with Crippen LogP contribution < -0.4 is 21.3 Å². The lowest BCUT2D eigenvalue weighted by molar-refractivity contribution is -0.114. The third-order valence-corrected chi connectivity index (χ3v) is 12.1. The predicted octanol–water partition coefficient (Wildman–Crippen LogP) is 12.0. The zero-order valence-electron chi connectivity index (χ0n) is 35.7. The molecule has 0 aliphatic carbocycles. The Labute approximate surface area is 409 Å². The largest absolute Gasteiger partial charge is 0.354 e. The molecule has 0 fully saturated rings. The van der Waals surface area contributed by atoms with Gasteiger partial charge in [-0.05, 0) is 72.8 Å². The van der Waals surface area contributed by atoms with Gasteiger partial charge in [0.25, 0.3) is 0 Å². The van der Waals surface area contributed by atoms with Crippen LogP contribution >= 0.6 is 46.4 Å². The van der Waals surface area contributed by atoms with Crippen molar-refractivity contribution in [2.45, 2.75) is 0 Å². The van der Waals surface area contributed by atoms with Crippen LogP contribution in [0.5, 0.6) is 0 Å². The van der Waals surface area contributed by atoms with Crippen LogP contribution in [0.3, 0.4) is 0 Å². The van der Waals surface area contributed by atoms with E-state index in [0.717, 1.165) is 0 Å². The summed E-state index contributed by atoms with van der Waals surface area (Å²) in [6, 6.07) is 37.2. The third-order valence-electron chi connectivity index (χ3n) is 11.1. The van der Waals surface area contributed by atoms with Gasteiger partial charge in [0.15, 0.2) is 0 Å². The van der Waals surface area contributed by atoms with Crippen molar-refractivity contribution in [1.82, 2.24) is 19.9 Å². The SMILES string of the molecule is O=C(CCl)Nc1ccccc1-c1c2nc(c(-c3ccccc3NC(=O)CCl)c3ccc([nH]3)c(-c3ccccc3NC(=O)CCl)c3nc(c(-c4ccccc4NC(=O)CCl)c4ccc1[nH]4)C=C3)C=C2. The minimum Gasteiger partial charge on any atom is -0.354 e. The molecule has 68 heavy (non-hydrogen) atoms. The summed E-state index contributed by atoms with van der Waals surface area (Å²) in [5.41, 5.74) is 11.8. The van der Waals surface area contributed by atoms with E-state index in [1.54, 1.807) is 24.3 Å². The average molecular weight is 981 g/mol. The van der Waals surface area contributed by atoms with Gasteiger partial charge in [0.1, 0.15) is 23.5 Å². The molecule has 4 aromatic carbocycles. The molecule has 0 radical (unpaired) electrons. The molecule has 5 heterocycles. The summed E-state index contributed by atoms with van der Waals surface area (Å²) in [6.45, 7) is 0. The van der Waals surface area contributed by atoms with E-state index in [9.17, 15) is 19.2 Å². The molecule has 7 aromatic rings. The molecular weight excluding hydrogens is 942 g/mol. The summed E-state index contributed by atoms with van der Waals surface area (Å²) in [4.78, 5) is 69.6. The van der Waals surface area contributed by atoms with Gasteiger partial charge in [0.05, 0.1) is 22.8 Å². The molecule has 0 atom stereocenters. The third kappa shape index (κ3) is 9.27. The van der Waals surface area contributed by atoms with Gasteiger partial charge in [-0.3, -0.25) is 19.2 Å². The second kappa shape index (κ2) is 20.2. The van der Waals surface area contributed by atoms with E-state index >= 15 is 0 Å². The van der Waals surface area contributed by atoms with Gasteiger partial charge in [-0.15, -0.1) is 46.4 Å². The fraction of sp³-hybridized carbons (Fsp3) is 0.0769. The molecule has 2 aliphatic rings. The smallest absolute Gasteiger partial charge is 0.239 e. The molecule has 0 spiro atoms. The van der Waals surface area contributed by atoms with Crippen LogP contribution in [-0.2, 0) is 19.2 Å². The number of nitrogens with one attached hydrogen (secondary N) is 6. The highest BCUT2D eigenvalue weighted by Gasteiger charge is 2.23. The Kier molecular flexibility index (Phi) is 13.5. The average Bonchev–Trinajstić information content (AvgIpc) is 4.22. The number of hydrogen-bond donors (Lipinski definition) is 6. The zero-order chi connectivity index (χ0) is 47.3. The van der Waals surface area contributed by atoms with Gasteiger partial charge in [-0.2, -0.15) is 0 Å². The number of nitrogens with zero attached hydrogens (tertiary/aromatic N) is 2. The molecule has 6 N–H and O–H groups in total. The maximum absolute atomic E-state index is 12.9. The van der Waals surface area contributed by atoms with Crippen molar-refractivity contribution in [2.75, 3.05) is 44.8 Å². The Hall–Kier alpha value is -7.48. The Morgan fingerprint density at radius 2 is 0.574 bits per heavy atom.